The van der Waals surface area contributed by atoms with Crippen molar-refractivity contribution in [2.75, 3.05) is 6.54 Å². The molecular formula is C13H18N2O3. The number of nitrogens with one attached hydrogen (secondary N) is 1. The average Bonchev–Trinajstić information content (AvgIpc) is 2.29. The van der Waals surface area contributed by atoms with Gasteiger partial charge in [0.1, 0.15) is 5.54 Å². The van der Waals surface area contributed by atoms with E-state index >= 15 is 0 Å². The fourth-order valence-electron chi connectivity index (χ4n) is 1.40. The number of nitrogens with two attached hydrogens (primary N) is 1. The second-order valence-electron chi connectivity index (χ2n) is 4.62. The van der Waals surface area contributed by atoms with Crippen LogP contribution in [-0.4, -0.2) is 29.1 Å². The molecule has 4 N–H and O–H groups in total. The van der Waals surface area contributed by atoms with Crippen molar-refractivity contribution in [2.45, 2.75) is 25.8 Å². The molecule has 0 saturated heterocycles. The zero-order chi connectivity index (χ0) is 13.8. The van der Waals surface area contributed by atoms with Gasteiger partial charge in [-0.15, -0.1) is 0 Å². The van der Waals surface area contributed by atoms with Crippen LogP contribution in [0.1, 0.15) is 29.8 Å². The monoisotopic (exact) mass is 250 g/mol. The second kappa shape index (κ2) is 5.64. The molecule has 98 valence electrons. The van der Waals surface area contributed by atoms with Gasteiger partial charge in [-0.25, -0.2) is 4.79 Å². The maximum atomic E-state index is 11.8. The van der Waals surface area contributed by atoms with E-state index in [1.165, 1.54) is 13.8 Å². The van der Waals surface area contributed by atoms with E-state index in [-0.39, 0.29) is 0 Å². The van der Waals surface area contributed by atoms with Crippen molar-refractivity contribution in [3.8, 4) is 0 Å². The molecule has 1 aromatic rings. The molecule has 0 radical (unpaired) electrons. The summed E-state index contributed by atoms with van der Waals surface area (Å²) < 4.78 is 0. The lowest BCUT2D eigenvalue weighted by molar-refractivity contribution is -0.143. The Labute approximate surface area is 106 Å². The number of rotatable bonds is 5. The van der Waals surface area contributed by atoms with E-state index in [0.717, 1.165) is 12.0 Å². The molecule has 0 saturated carbocycles. The number of hydrogen-bond donors (Lipinski definition) is 3. The molecule has 1 aromatic carbocycles. The lowest BCUT2D eigenvalue weighted by Gasteiger charge is -2.21. The predicted octanol–water partition coefficient (Wildman–Crippen LogP) is 0.781. The van der Waals surface area contributed by atoms with Gasteiger partial charge in [0.2, 0.25) is 0 Å². The lowest BCUT2D eigenvalue weighted by Crippen LogP contribution is -2.49. The summed E-state index contributed by atoms with van der Waals surface area (Å²) >= 11 is 0. The van der Waals surface area contributed by atoms with Crippen molar-refractivity contribution in [1.29, 1.82) is 0 Å². The highest BCUT2D eigenvalue weighted by Crippen LogP contribution is 2.08. The molecule has 1 amide bonds. The van der Waals surface area contributed by atoms with Gasteiger partial charge in [0.25, 0.3) is 5.91 Å². The molecule has 0 heterocycles. The van der Waals surface area contributed by atoms with E-state index in [1.807, 2.05) is 12.1 Å². The zero-order valence-corrected chi connectivity index (χ0v) is 10.6. The maximum absolute atomic E-state index is 11.8. The first-order chi connectivity index (χ1) is 8.36. The molecule has 5 nitrogen and oxygen atoms in total. The fourth-order valence-corrected chi connectivity index (χ4v) is 1.40. The van der Waals surface area contributed by atoms with Crippen LogP contribution in [0, 0.1) is 0 Å². The summed E-state index contributed by atoms with van der Waals surface area (Å²) in [6, 6.07) is 6.96. The first kappa shape index (κ1) is 14.2. The van der Waals surface area contributed by atoms with Gasteiger partial charge in [-0.3, -0.25) is 4.79 Å². The van der Waals surface area contributed by atoms with Crippen molar-refractivity contribution in [2.24, 2.45) is 5.73 Å². The predicted molar refractivity (Wildman–Crippen MR) is 68.4 cm³/mol. The summed E-state index contributed by atoms with van der Waals surface area (Å²) in [7, 11) is 0. The Balaban J connectivity index is 2.76. The molecular weight excluding hydrogens is 232 g/mol. The third kappa shape index (κ3) is 3.56. The summed E-state index contributed by atoms with van der Waals surface area (Å²) in [5, 5.41) is 11.4. The van der Waals surface area contributed by atoms with Crippen LogP contribution in [0.4, 0.5) is 0 Å². The quantitative estimate of drug-likeness (QED) is 0.720. The second-order valence-corrected chi connectivity index (χ2v) is 4.62. The Bertz CT molecular complexity index is 438. The minimum absolute atomic E-state index is 0.401. The van der Waals surface area contributed by atoms with Crippen LogP contribution in [0.5, 0.6) is 0 Å². The first-order valence-electron chi connectivity index (χ1n) is 5.72. The number of carboxylic acids is 1. The van der Waals surface area contributed by atoms with Crippen molar-refractivity contribution in [1.82, 2.24) is 5.32 Å². The van der Waals surface area contributed by atoms with Crippen molar-refractivity contribution >= 4 is 11.9 Å². The highest BCUT2D eigenvalue weighted by Gasteiger charge is 2.29. The Morgan fingerprint density at radius 3 is 2.28 bits per heavy atom. The smallest absolute Gasteiger partial charge is 0.328 e. The van der Waals surface area contributed by atoms with Crippen LogP contribution in [0.15, 0.2) is 24.3 Å². The van der Waals surface area contributed by atoms with Gasteiger partial charge in [0.05, 0.1) is 0 Å². The van der Waals surface area contributed by atoms with Crippen molar-refractivity contribution < 1.29 is 14.7 Å². The largest absolute Gasteiger partial charge is 0.480 e. The first-order valence-corrected chi connectivity index (χ1v) is 5.72. The summed E-state index contributed by atoms with van der Waals surface area (Å²) in [5.41, 5.74) is 5.63. The number of aliphatic carboxylic acids is 1. The molecule has 18 heavy (non-hydrogen) atoms. The van der Waals surface area contributed by atoms with Crippen LogP contribution in [0.2, 0.25) is 0 Å². The van der Waals surface area contributed by atoms with E-state index in [9.17, 15) is 9.59 Å². The number of hydrogen-bond acceptors (Lipinski definition) is 3. The maximum Gasteiger partial charge on any atom is 0.328 e. The van der Waals surface area contributed by atoms with Crippen LogP contribution in [0.3, 0.4) is 0 Å². The molecule has 0 spiro atoms. The van der Waals surface area contributed by atoms with Crippen LogP contribution >= 0.6 is 0 Å². The summed E-state index contributed by atoms with van der Waals surface area (Å²) in [6.45, 7) is 3.43. The van der Waals surface area contributed by atoms with Gasteiger partial charge in [-0.2, -0.15) is 0 Å². The van der Waals surface area contributed by atoms with E-state index in [4.69, 9.17) is 10.8 Å². The Morgan fingerprint density at radius 1 is 1.28 bits per heavy atom. The third-order valence-electron chi connectivity index (χ3n) is 2.61. The molecule has 0 aliphatic heterocycles. The molecule has 5 heteroatoms. The molecule has 0 bridgehead atoms. The molecule has 0 fully saturated rings. The van der Waals surface area contributed by atoms with Gasteiger partial charge in [-0.1, -0.05) is 12.1 Å². The minimum atomic E-state index is -1.28. The Kier molecular flexibility index (Phi) is 4.44. The standard InChI is InChI=1S/C13H18N2O3/c1-13(2,12(17)18)15-11(16)10-5-3-9(4-6-10)7-8-14/h3-6H,7-8,14H2,1-2H3,(H,15,16)(H,17,18). The molecule has 0 aliphatic rings. The van der Waals surface area contributed by atoms with Crippen LogP contribution in [-0.2, 0) is 11.2 Å². The third-order valence-corrected chi connectivity index (χ3v) is 2.61. The molecule has 0 atom stereocenters. The highest BCUT2D eigenvalue weighted by molar-refractivity contribution is 5.97. The van der Waals surface area contributed by atoms with E-state index in [1.54, 1.807) is 12.1 Å². The lowest BCUT2D eigenvalue weighted by atomic mass is 10.0. The molecule has 0 unspecified atom stereocenters. The molecule has 0 aliphatic carbocycles. The Morgan fingerprint density at radius 2 is 1.83 bits per heavy atom. The van der Waals surface area contributed by atoms with E-state index in [2.05, 4.69) is 5.32 Å². The summed E-state index contributed by atoms with van der Waals surface area (Å²) in [6.07, 6.45) is 0.752. The molecule has 0 aromatic heterocycles. The number of benzene rings is 1. The van der Waals surface area contributed by atoms with Gasteiger partial charge >= 0.3 is 5.97 Å². The number of carboxylic acid groups (broad SMARTS) is 1. The van der Waals surface area contributed by atoms with Gasteiger partial charge < -0.3 is 16.2 Å². The SMILES string of the molecule is CC(C)(NC(=O)c1ccc(CCN)cc1)C(=O)O. The highest BCUT2D eigenvalue weighted by atomic mass is 16.4. The number of amides is 1. The summed E-state index contributed by atoms with van der Waals surface area (Å²) in [5.74, 6) is -1.47. The van der Waals surface area contributed by atoms with Crippen LogP contribution in [0.25, 0.3) is 0 Å². The average molecular weight is 250 g/mol. The fraction of sp³-hybridized carbons (Fsp3) is 0.385. The minimum Gasteiger partial charge on any atom is -0.480 e. The van der Waals surface area contributed by atoms with Crippen molar-refractivity contribution in [3.63, 3.8) is 0 Å². The van der Waals surface area contributed by atoms with E-state index in [0.29, 0.717) is 12.1 Å². The number of carbonyl (C=O) groups excluding carboxylic acids is 1. The van der Waals surface area contributed by atoms with E-state index < -0.39 is 17.4 Å². The zero-order valence-electron chi connectivity index (χ0n) is 10.6. The van der Waals surface area contributed by atoms with Gasteiger partial charge in [0.15, 0.2) is 0 Å². The normalized spacial score (nSPS) is 11.1. The number of carbonyl (C=O) groups is 2. The summed E-state index contributed by atoms with van der Waals surface area (Å²) in [4.78, 5) is 22.7. The van der Waals surface area contributed by atoms with Crippen molar-refractivity contribution in [3.05, 3.63) is 35.4 Å². The van der Waals surface area contributed by atoms with Gasteiger partial charge in [-0.05, 0) is 44.5 Å². The van der Waals surface area contributed by atoms with Crippen LogP contribution < -0.4 is 11.1 Å². The Hall–Kier alpha value is -1.88. The van der Waals surface area contributed by atoms with Gasteiger partial charge in [0, 0.05) is 5.56 Å². The molecule has 1 rings (SSSR count). The topological polar surface area (TPSA) is 92.4 Å².